The highest BCUT2D eigenvalue weighted by atomic mass is 79.9. The first-order valence-corrected chi connectivity index (χ1v) is 6.60. The third kappa shape index (κ3) is 3.34. The summed E-state index contributed by atoms with van der Waals surface area (Å²) in [6.45, 7) is 3.80. The highest BCUT2D eigenvalue weighted by molar-refractivity contribution is 9.10. The SMILES string of the molecule is CN1CCN(CC(=O)c2cc(Br)cnc2F)CC1. The molecule has 0 N–H and O–H groups in total. The fourth-order valence-corrected chi connectivity index (χ4v) is 2.24. The zero-order valence-electron chi connectivity index (χ0n) is 10.2. The van der Waals surface area contributed by atoms with Crippen LogP contribution < -0.4 is 0 Å². The lowest BCUT2D eigenvalue weighted by Gasteiger charge is -2.31. The molecular weight excluding hydrogens is 301 g/mol. The van der Waals surface area contributed by atoms with Crippen molar-refractivity contribution in [3.05, 3.63) is 28.2 Å². The average Bonchev–Trinajstić information content (AvgIpc) is 2.35. The molecule has 0 aliphatic carbocycles. The molecule has 0 amide bonds. The minimum Gasteiger partial charge on any atom is -0.304 e. The van der Waals surface area contributed by atoms with Crippen LogP contribution in [0.2, 0.25) is 0 Å². The molecule has 4 nitrogen and oxygen atoms in total. The molecule has 6 heteroatoms. The monoisotopic (exact) mass is 315 g/mol. The van der Waals surface area contributed by atoms with Gasteiger partial charge in [-0.3, -0.25) is 9.69 Å². The van der Waals surface area contributed by atoms with Crippen molar-refractivity contribution >= 4 is 21.7 Å². The molecule has 1 fully saturated rings. The van der Waals surface area contributed by atoms with Gasteiger partial charge in [-0.25, -0.2) is 4.98 Å². The number of nitrogens with zero attached hydrogens (tertiary/aromatic N) is 3. The van der Waals surface area contributed by atoms with E-state index in [1.807, 2.05) is 4.90 Å². The average molecular weight is 316 g/mol. The highest BCUT2D eigenvalue weighted by Crippen LogP contribution is 2.14. The molecule has 1 aliphatic heterocycles. The van der Waals surface area contributed by atoms with E-state index in [-0.39, 0.29) is 17.9 Å². The Bertz CT molecular complexity index is 447. The van der Waals surface area contributed by atoms with Crippen LogP contribution in [0, 0.1) is 5.95 Å². The Balaban J connectivity index is 2.01. The van der Waals surface area contributed by atoms with Crippen molar-refractivity contribution in [3.8, 4) is 0 Å². The topological polar surface area (TPSA) is 36.4 Å². The van der Waals surface area contributed by atoms with Crippen LogP contribution in [0.5, 0.6) is 0 Å². The first kappa shape index (κ1) is 13.6. The maximum atomic E-state index is 13.5. The zero-order valence-corrected chi connectivity index (χ0v) is 11.8. The van der Waals surface area contributed by atoms with E-state index in [0.717, 1.165) is 26.2 Å². The second kappa shape index (κ2) is 5.86. The van der Waals surface area contributed by atoms with Crippen LogP contribution in [0.4, 0.5) is 4.39 Å². The number of likely N-dealkylation sites (N-methyl/N-ethyl adjacent to an activating group) is 1. The van der Waals surface area contributed by atoms with Crippen LogP contribution in [0.3, 0.4) is 0 Å². The Hall–Kier alpha value is -0.850. The molecule has 18 heavy (non-hydrogen) atoms. The van der Waals surface area contributed by atoms with Gasteiger partial charge in [-0.15, -0.1) is 0 Å². The van der Waals surface area contributed by atoms with Crippen LogP contribution in [0.25, 0.3) is 0 Å². The fourth-order valence-electron chi connectivity index (χ4n) is 1.91. The number of carbonyl (C=O) groups is 1. The molecule has 0 bridgehead atoms. The summed E-state index contributed by atoms with van der Waals surface area (Å²) in [5, 5.41) is 0. The van der Waals surface area contributed by atoms with E-state index in [1.165, 1.54) is 12.3 Å². The quantitative estimate of drug-likeness (QED) is 0.624. The Labute approximate surface area is 114 Å². The molecule has 98 valence electrons. The lowest BCUT2D eigenvalue weighted by Crippen LogP contribution is -2.46. The number of halogens is 2. The van der Waals surface area contributed by atoms with Crippen molar-refractivity contribution < 1.29 is 9.18 Å². The van der Waals surface area contributed by atoms with Crippen molar-refractivity contribution in [2.24, 2.45) is 0 Å². The summed E-state index contributed by atoms with van der Waals surface area (Å²) >= 11 is 3.20. The van der Waals surface area contributed by atoms with Gasteiger partial charge in [0.05, 0.1) is 12.1 Å². The van der Waals surface area contributed by atoms with Gasteiger partial charge in [0.1, 0.15) is 0 Å². The van der Waals surface area contributed by atoms with Gasteiger partial charge in [0, 0.05) is 36.8 Å². The van der Waals surface area contributed by atoms with E-state index in [2.05, 4.69) is 32.9 Å². The van der Waals surface area contributed by atoms with Crippen molar-refractivity contribution in [2.75, 3.05) is 39.8 Å². The Morgan fingerprint density at radius 1 is 1.44 bits per heavy atom. The molecule has 1 aromatic heterocycles. The number of hydrogen-bond acceptors (Lipinski definition) is 4. The van der Waals surface area contributed by atoms with Crippen molar-refractivity contribution in [1.82, 2.24) is 14.8 Å². The molecule has 2 heterocycles. The molecule has 1 saturated heterocycles. The van der Waals surface area contributed by atoms with Gasteiger partial charge in [0.15, 0.2) is 5.78 Å². The van der Waals surface area contributed by atoms with E-state index in [1.54, 1.807) is 0 Å². The molecule has 0 atom stereocenters. The maximum Gasteiger partial charge on any atom is 0.223 e. The van der Waals surface area contributed by atoms with Crippen LogP contribution in [0.1, 0.15) is 10.4 Å². The second-order valence-corrected chi connectivity index (χ2v) is 5.41. The number of hydrogen-bond donors (Lipinski definition) is 0. The van der Waals surface area contributed by atoms with Gasteiger partial charge in [0.2, 0.25) is 5.95 Å². The van der Waals surface area contributed by atoms with Crippen LogP contribution in [-0.4, -0.2) is 60.3 Å². The molecule has 0 aromatic carbocycles. The number of pyridine rings is 1. The molecule has 0 unspecified atom stereocenters. The van der Waals surface area contributed by atoms with Gasteiger partial charge in [0.25, 0.3) is 0 Å². The Morgan fingerprint density at radius 3 is 2.78 bits per heavy atom. The molecule has 2 rings (SSSR count). The number of aromatic nitrogens is 1. The van der Waals surface area contributed by atoms with E-state index in [9.17, 15) is 9.18 Å². The third-order valence-electron chi connectivity index (χ3n) is 3.07. The summed E-state index contributed by atoms with van der Waals surface area (Å²) in [6, 6.07) is 1.49. The normalized spacial score (nSPS) is 17.9. The predicted molar refractivity (Wildman–Crippen MR) is 70.2 cm³/mol. The second-order valence-electron chi connectivity index (χ2n) is 4.49. The maximum absolute atomic E-state index is 13.5. The number of Topliss-reactive ketones (excluding diaryl/α,β-unsaturated/α-hetero) is 1. The van der Waals surface area contributed by atoms with Crippen LogP contribution in [-0.2, 0) is 0 Å². The molecular formula is C12H15BrFN3O. The summed E-state index contributed by atoms with van der Waals surface area (Å²) in [5.74, 6) is -0.914. The standard InChI is InChI=1S/C12H15BrFN3O/c1-16-2-4-17(5-3-16)8-11(18)10-6-9(13)7-15-12(10)14/h6-7H,2-5,8H2,1H3. The number of rotatable bonds is 3. The van der Waals surface area contributed by atoms with Crippen LogP contribution in [0.15, 0.2) is 16.7 Å². The van der Waals surface area contributed by atoms with Crippen LogP contribution >= 0.6 is 15.9 Å². The van der Waals surface area contributed by atoms with E-state index in [0.29, 0.717) is 4.47 Å². The molecule has 0 radical (unpaired) electrons. The van der Waals surface area contributed by atoms with Crippen molar-refractivity contribution in [1.29, 1.82) is 0 Å². The predicted octanol–water partition coefficient (Wildman–Crippen LogP) is 1.41. The smallest absolute Gasteiger partial charge is 0.223 e. The Kier molecular flexibility index (Phi) is 4.42. The highest BCUT2D eigenvalue weighted by Gasteiger charge is 2.20. The summed E-state index contributed by atoms with van der Waals surface area (Å²) in [7, 11) is 2.05. The fraction of sp³-hybridized carbons (Fsp3) is 0.500. The van der Waals surface area contributed by atoms with E-state index >= 15 is 0 Å². The summed E-state index contributed by atoms with van der Waals surface area (Å²) in [5.41, 5.74) is 0.0586. The molecule has 1 aromatic rings. The van der Waals surface area contributed by atoms with Gasteiger partial charge in [-0.2, -0.15) is 4.39 Å². The van der Waals surface area contributed by atoms with Gasteiger partial charge < -0.3 is 4.90 Å². The Morgan fingerprint density at radius 2 is 2.11 bits per heavy atom. The van der Waals surface area contributed by atoms with E-state index < -0.39 is 5.95 Å². The zero-order chi connectivity index (χ0) is 13.1. The number of piperazine rings is 1. The largest absolute Gasteiger partial charge is 0.304 e. The van der Waals surface area contributed by atoms with Gasteiger partial charge in [-0.05, 0) is 29.0 Å². The minimum absolute atomic E-state index is 0.0586. The van der Waals surface area contributed by atoms with E-state index in [4.69, 9.17) is 0 Å². The summed E-state index contributed by atoms with van der Waals surface area (Å²) in [4.78, 5) is 19.8. The summed E-state index contributed by atoms with van der Waals surface area (Å²) < 4.78 is 14.1. The molecule has 0 spiro atoms. The van der Waals surface area contributed by atoms with Gasteiger partial charge >= 0.3 is 0 Å². The molecule has 1 aliphatic rings. The summed E-state index contributed by atoms with van der Waals surface area (Å²) in [6.07, 6.45) is 1.35. The molecule has 0 saturated carbocycles. The van der Waals surface area contributed by atoms with Crippen molar-refractivity contribution in [2.45, 2.75) is 0 Å². The number of ketones is 1. The first-order valence-electron chi connectivity index (χ1n) is 5.81. The lowest BCUT2D eigenvalue weighted by atomic mass is 10.1. The van der Waals surface area contributed by atoms with Crippen molar-refractivity contribution in [3.63, 3.8) is 0 Å². The number of carbonyl (C=O) groups excluding carboxylic acids is 1. The first-order chi connectivity index (χ1) is 8.56. The third-order valence-corrected chi connectivity index (χ3v) is 3.50. The lowest BCUT2D eigenvalue weighted by molar-refractivity contribution is 0.0871. The minimum atomic E-state index is -0.697. The van der Waals surface area contributed by atoms with Gasteiger partial charge in [-0.1, -0.05) is 0 Å².